The third kappa shape index (κ3) is 4.05. The highest BCUT2D eigenvalue weighted by molar-refractivity contribution is 5.99. The van der Waals surface area contributed by atoms with E-state index in [9.17, 15) is 0 Å². The molecule has 0 spiro atoms. The highest BCUT2D eigenvalue weighted by Gasteiger charge is 2.19. The van der Waals surface area contributed by atoms with E-state index in [-0.39, 0.29) is 0 Å². The summed E-state index contributed by atoms with van der Waals surface area (Å²) in [6, 6.07) is 2.13. The topological polar surface area (TPSA) is 37.7 Å². The highest BCUT2D eigenvalue weighted by Crippen LogP contribution is 2.15. The lowest BCUT2D eigenvalue weighted by Crippen LogP contribution is -2.26. The Morgan fingerprint density at radius 2 is 2.29 bits per heavy atom. The Morgan fingerprint density at radius 1 is 1.48 bits per heavy atom. The maximum absolute atomic E-state index is 5.23. The number of aromatic nitrogens is 1. The van der Waals surface area contributed by atoms with E-state index in [2.05, 4.69) is 27.7 Å². The van der Waals surface area contributed by atoms with Crippen molar-refractivity contribution in [2.24, 2.45) is 5.16 Å². The monoisotopic (exact) mass is 283 g/mol. The first kappa shape index (κ1) is 15.0. The molecule has 0 saturated carbocycles. The van der Waals surface area contributed by atoms with Crippen LogP contribution in [0.25, 0.3) is 0 Å². The minimum absolute atomic E-state index is 0.507. The Bertz CT molecular complexity index is 614. The molecule has 0 bridgehead atoms. The summed E-state index contributed by atoms with van der Waals surface area (Å²) in [6.45, 7) is 9.06. The van der Waals surface area contributed by atoms with Crippen LogP contribution in [-0.2, 0) is 11.4 Å². The van der Waals surface area contributed by atoms with Gasteiger partial charge in [0.1, 0.15) is 6.61 Å². The van der Waals surface area contributed by atoms with Crippen LogP contribution < -0.4 is 0 Å². The van der Waals surface area contributed by atoms with E-state index < -0.39 is 0 Å². The number of likely N-dealkylation sites (N-methyl/N-ethyl adjacent to an activating group) is 1. The van der Waals surface area contributed by atoms with E-state index in [1.54, 1.807) is 0 Å². The molecule has 4 nitrogen and oxygen atoms in total. The van der Waals surface area contributed by atoms with Crippen LogP contribution in [0.5, 0.6) is 0 Å². The lowest BCUT2D eigenvalue weighted by atomic mass is 10.1. The first-order valence-electron chi connectivity index (χ1n) is 6.92. The molecular weight excluding hydrogens is 262 g/mol. The molecule has 0 atom stereocenters. The lowest BCUT2D eigenvalue weighted by molar-refractivity contribution is 0.185. The molecule has 0 radical (unpaired) electrons. The number of allylic oxidation sites excluding steroid dienone is 4. The summed E-state index contributed by atoms with van der Waals surface area (Å²) < 4.78 is 0. The van der Waals surface area contributed by atoms with Gasteiger partial charge in [-0.3, -0.25) is 4.98 Å². The van der Waals surface area contributed by atoms with Crippen LogP contribution in [-0.4, -0.2) is 29.4 Å². The van der Waals surface area contributed by atoms with E-state index in [4.69, 9.17) is 4.84 Å². The third-order valence-electron chi connectivity index (χ3n) is 3.24. The first-order valence-corrected chi connectivity index (χ1v) is 6.92. The van der Waals surface area contributed by atoms with Crippen molar-refractivity contribution in [1.82, 2.24) is 9.88 Å². The van der Waals surface area contributed by atoms with Gasteiger partial charge in [-0.05, 0) is 25.0 Å². The molecule has 1 aliphatic rings. The molecule has 2 rings (SSSR count). The number of hydrogen-bond acceptors (Lipinski definition) is 4. The van der Waals surface area contributed by atoms with Gasteiger partial charge in [0, 0.05) is 31.6 Å². The van der Waals surface area contributed by atoms with Crippen LogP contribution >= 0.6 is 0 Å². The van der Waals surface area contributed by atoms with Gasteiger partial charge < -0.3 is 9.74 Å². The van der Waals surface area contributed by atoms with E-state index in [1.807, 2.05) is 51.5 Å². The van der Waals surface area contributed by atoms with Gasteiger partial charge in [-0.2, -0.15) is 0 Å². The molecule has 0 fully saturated rings. The zero-order valence-corrected chi connectivity index (χ0v) is 12.8. The van der Waals surface area contributed by atoms with Gasteiger partial charge in [-0.1, -0.05) is 41.6 Å². The van der Waals surface area contributed by atoms with Gasteiger partial charge in [-0.25, -0.2) is 0 Å². The molecule has 0 saturated heterocycles. The zero-order valence-electron chi connectivity index (χ0n) is 12.8. The van der Waals surface area contributed by atoms with E-state index in [0.29, 0.717) is 6.61 Å². The molecule has 0 unspecified atom stereocenters. The average Bonchev–Trinajstić information content (AvgIpc) is 2.93. The maximum atomic E-state index is 5.23. The van der Waals surface area contributed by atoms with Crippen molar-refractivity contribution in [3.8, 4) is 0 Å². The predicted molar refractivity (Wildman–Crippen MR) is 85.9 cm³/mol. The zero-order chi connectivity index (χ0) is 15.2. The summed E-state index contributed by atoms with van der Waals surface area (Å²) >= 11 is 0. The predicted octanol–water partition coefficient (Wildman–Crippen LogP) is 3.22. The number of oxime groups is 1. The van der Waals surface area contributed by atoms with Gasteiger partial charge in [0.05, 0.1) is 0 Å². The Labute approximate surface area is 126 Å². The Morgan fingerprint density at radius 3 is 3.00 bits per heavy atom. The van der Waals surface area contributed by atoms with Crippen LogP contribution in [0.3, 0.4) is 0 Å². The molecule has 0 N–H and O–H groups in total. The summed E-state index contributed by atoms with van der Waals surface area (Å²) in [7, 11) is 2.01. The second kappa shape index (κ2) is 6.88. The van der Waals surface area contributed by atoms with Crippen molar-refractivity contribution in [3.05, 3.63) is 65.5 Å². The van der Waals surface area contributed by atoms with Crippen LogP contribution in [0.4, 0.5) is 0 Å². The number of rotatable bonds is 4. The normalized spacial score (nSPS) is 16.6. The molecule has 1 aromatic heterocycles. The molecule has 1 aliphatic heterocycles. The van der Waals surface area contributed by atoms with Gasteiger partial charge >= 0.3 is 0 Å². The van der Waals surface area contributed by atoms with Crippen molar-refractivity contribution in [1.29, 1.82) is 0 Å². The Hall–Kier alpha value is -2.36. The number of hydrogen-bond donors (Lipinski definition) is 0. The van der Waals surface area contributed by atoms with Gasteiger partial charge in [0.25, 0.3) is 0 Å². The van der Waals surface area contributed by atoms with Gasteiger partial charge in [0.2, 0.25) is 0 Å². The number of nitrogens with zero attached hydrogens (tertiary/aromatic N) is 3. The van der Waals surface area contributed by atoms with E-state index >= 15 is 0 Å². The summed E-state index contributed by atoms with van der Waals surface area (Å²) in [5.41, 5.74) is 4.49. The molecule has 0 amide bonds. The number of aryl methyl sites for hydroxylation is 1. The molecule has 1 aromatic rings. The average molecular weight is 283 g/mol. The maximum Gasteiger partial charge on any atom is 0.174 e. The quantitative estimate of drug-likeness (QED) is 0.796. The van der Waals surface area contributed by atoms with Crippen LogP contribution in [0, 0.1) is 6.92 Å². The fraction of sp³-hybridized carbons (Fsp3) is 0.294. The van der Waals surface area contributed by atoms with E-state index in [1.165, 1.54) is 0 Å². The third-order valence-corrected chi connectivity index (χ3v) is 3.24. The number of amidine groups is 1. The van der Waals surface area contributed by atoms with Crippen molar-refractivity contribution in [2.75, 3.05) is 13.7 Å². The second-order valence-electron chi connectivity index (χ2n) is 5.22. The lowest BCUT2D eigenvalue weighted by Gasteiger charge is -2.18. The standard InChI is InChI=1S/C17H21N3O/c1-5-13(2)6-7-16-12-21-19-17(16)20(4)11-15-8-14(3)9-18-10-15/h5-10H,1,11-12H2,2-4H3/b13-6-,16-7?. The van der Waals surface area contributed by atoms with Gasteiger partial charge in [-0.15, -0.1) is 0 Å². The summed E-state index contributed by atoms with van der Waals surface area (Å²) in [6.07, 6.45) is 9.62. The molecule has 0 aromatic carbocycles. The molecule has 110 valence electrons. The smallest absolute Gasteiger partial charge is 0.174 e. The Kier molecular flexibility index (Phi) is 4.93. The van der Waals surface area contributed by atoms with E-state index in [0.717, 1.165) is 34.7 Å². The van der Waals surface area contributed by atoms with Crippen molar-refractivity contribution in [2.45, 2.75) is 20.4 Å². The van der Waals surface area contributed by atoms with Crippen LogP contribution in [0.2, 0.25) is 0 Å². The Balaban J connectivity index is 2.11. The largest absolute Gasteiger partial charge is 0.389 e. The molecule has 4 heteroatoms. The van der Waals surface area contributed by atoms with Crippen LogP contribution in [0.1, 0.15) is 18.1 Å². The fourth-order valence-corrected chi connectivity index (χ4v) is 2.08. The van der Waals surface area contributed by atoms with Gasteiger partial charge in [0.15, 0.2) is 5.84 Å². The molecule has 2 heterocycles. The minimum atomic E-state index is 0.507. The fourth-order valence-electron chi connectivity index (χ4n) is 2.08. The van der Waals surface area contributed by atoms with Crippen LogP contribution in [0.15, 0.2) is 59.6 Å². The summed E-state index contributed by atoms with van der Waals surface area (Å²) in [5.74, 6) is 0.865. The second-order valence-corrected chi connectivity index (χ2v) is 5.22. The highest BCUT2D eigenvalue weighted by atomic mass is 16.6. The molecule has 21 heavy (non-hydrogen) atoms. The number of pyridine rings is 1. The summed E-state index contributed by atoms with van der Waals surface area (Å²) in [5, 5.41) is 4.14. The minimum Gasteiger partial charge on any atom is -0.389 e. The molecular formula is C17H21N3O. The van der Waals surface area contributed by atoms with Crippen molar-refractivity contribution in [3.63, 3.8) is 0 Å². The summed E-state index contributed by atoms with van der Waals surface area (Å²) in [4.78, 5) is 11.5. The van der Waals surface area contributed by atoms with Crippen molar-refractivity contribution >= 4 is 5.84 Å². The first-order chi connectivity index (χ1) is 10.1. The SMILES string of the molecule is C=C/C(C)=C\C=C1CON=C1N(C)Cc1cncc(C)c1. The molecule has 0 aliphatic carbocycles. The van der Waals surface area contributed by atoms with Crippen molar-refractivity contribution < 1.29 is 4.84 Å².